The maximum atomic E-state index is 12.9. The van der Waals surface area contributed by atoms with Gasteiger partial charge in [-0.2, -0.15) is 0 Å². The molecule has 1 aromatic carbocycles. The van der Waals surface area contributed by atoms with Crippen molar-refractivity contribution in [2.75, 3.05) is 50.8 Å². The normalized spacial score (nSPS) is 16.6. The lowest BCUT2D eigenvalue weighted by molar-refractivity contribution is -0.146. The number of amidine groups is 1. The fourth-order valence-electron chi connectivity index (χ4n) is 4.09. The molecule has 0 atom stereocenters. The van der Waals surface area contributed by atoms with E-state index < -0.39 is 0 Å². The predicted octanol–water partition coefficient (Wildman–Crippen LogP) is 3.36. The minimum absolute atomic E-state index is 0. The van der Waals surface area contributed by atoms with E-state index in [0.717, 1.165) is 31.6 Å². The Morgan fingerprint density at radius 2 is 1.55 bits per heavy atom. The number of hydrogen-bond acceptors (Lipinski definition) is 5. The quantitative estimate of drug-likeness (QED) is 0.353. The third-order valence-electron chi connectivity index (χ3n) is 6.01. The van der Waals surface area contributed by atoms with Crippen molar-refractivity contribution in [2.45, 2.75) is 33.1 Å². The van der Waals surface area contributed by atoms with Crippen molar-refractivity contribution in [1.82, 2.24) is 9.80 Å². The SMILES string of the molecule is CC(C)COC(=O)CC1CCN(C(=O)N2CCN(c3ccc(C(=N)N)cc3)CC2)CC1.Cl.Cl. The van der Waals surface area contributed by atoms with Gasteiger partial charge in [0.05, 0.1) is 6.61 Å². The monoisotopic (exact) mass is 501 g/mol. The molecule has 0 bridgehead atoms. The number of halogens is 2. The molecule has 1 aromatic rings. The first-order chi connectivity index (χ1) is 14.8. The number of nitrogens with two attached hydrogens (primary N) is 1. The molecule has 2 aliphatic rings. The van der Waals surface area contributed by atoms with Crippen LogP contribution < -0.4 is 10.6 Å². The van der Waals surface area contributed by atoms with E-state index in [-0.39, 0.29) is 42.7 Å². The lowest BCUT2D eigenvalue weighted by Gasteiger charge is -2.40. The number of urea groups is 1. The summed E-state index contributed by atoms with van der Waals surface area (Å²) in [5.41, 5.74) is 7.32. The first-order valence-corrected chi connectivity index (χ1v) is 11.2. The topological polar surface area (TPSA) is 103 Å². The number of piperidine rings is 1. The summed E-state index contributed by atoms with van der Waals surface area (Å²) in [6.07, 6.45) is 2.16. The number of amides is 2. The van der Waals surface area contributed by atoms with Gasteiger partial charge < -0.3 is 25.2 Å². The minimum Gasteiger partial charge on any atom is -0.465 e. The van der Waals surface area contributed by atoms with Gasteiger partial charge in [0.1, 0.15) is 5.84 Å². The third-order valence-corrected chi connectivity index (χ3v) is 6.01. The van der Waals surface area contributed by atoms with Crippen molar-refractivity contribution in [3.63, 3.8) is 0 Å². The Balaban J connectivity index is 0.00000272. The molecule has 2 fully saturated rings. The summed E-state index contributed by atoms with van der Waals surface area (Å²) in [5.74, 6) is 0.603. The van der Waals surface area contributed by atoms with E-state index in [9.17, 15) is 9.59 Å². The standard InChI is InChI=1S/C23H35N5O3.2ClH/c1-17(2)16-31-21(29)15-18-7-9-27(10-8-18)23(30)28-13-11-26(12-14-28)20-5-3-19(4-6-20)22(24)25;;/h3-6,17-18H,7-16H2,1-2H3,(H3,24,25);2*1H. The number of likely N-dealkylation sites (tertiary alicyclic amines) is 1. The maximum absolute atomic E-state index is 12.9. The molecule has 2 heterocycles. The Kier molecular flexibility index (Phi) is 11.8. The number of hydrogen-bond donors (Lipinski definition) is 2. The molecule has 2 saturated heterocycles. The van der Waals surface area contributed by atoms with Crippen LogP contribution in [0.15, 0.2) is 24.3 Å². The Bertz CT molecular complexity index is 775. The van der Waals surface area contributed by atoms with Gasteiger partial charge in [0.2, 0.25) is 0 Å². The molecular formula is C23H37Cl2N5O3. The summed E-state index contributed by atoms with van der Waals surface area (Å²) >= 11 is 0. The van der Waals surface area contributed by atoms with E-state index in [0.29, 0.717) is 56.6 Å². The van der Waals surface area contributed by atoms with Crippen LogP contribution in [0.25, 0.3) is 0 Å². The molecule has 10 heteroatoms. The number of nitrogens with zero attached hydrogens (tertiary/aromatic N) is 3. The van der Waals surface area contributed by atoms with Gasteiger partial charge in [-0.15, -0.1) is 24.8 Å². The Hall–Kier alpha value is -2.19. The molecule has 3 rings (SSSR count). The highest BCUT2D eigenvalue weighted by atomic mass is 35.5. The van der Waals surface area contributed by atoms with Crippen molar-refractivity contribution in [3.05, 3.63) is 29.8 Å². The number of rotatable bonds is 6. The lowest BCUT2D eigenvalue weighted by Crippen LogP contribution is -2.54. The Morgan fingerprint density at radius 1 is 1.00 bits per heavy atom. The van der Waals surface area contributed by atoms with E-state index >= 15 is 0 Å². The van der Waals surface area contributed by atoms with Gasteiger partial charge in [-0.25, -0.2) is 4.79 Å². The molecule has 3 N–H and O–H groups in total. The van der Waals surface area contributed by atoms with Crippen LogP contribution in [0.3, 0.4) is 0 Å². The van der Waals surface area contributed by atoms with Crippen LogP contribution in [-0.2, 0) is 9.53 Å². The van der Waals surface area contributed by atoms with Gasteiger partial charge >= 0.3 is 12.0 Å². The van der Waals surface area contributed by atoms with Gasteiger partial charge in [0.25, 0.3) is 0 Å². The largest absolute Gasteiger partial charge is 0.465 e. The van der Waals surface area contributed by atoms with Crippen LogP contribution in [0, 0.1) is 17.2 Å². The second-order valence-corrected chi connectivity index (χ2v) is 8.93. The van der Waals surface area contributed by atoms with Gasteiger partial charge in [-0.1, -0.05) is 13.8 Å². The van der Waals surface area contributed by atoms with E-state index in [4.69, 9.17) is 15.9 Å². The second kappa shape index (κ2) is 13.5. The van der Waals surface area contributed by atoms with Crippen molar-refractivity contribution < 1.29 is 14.3 Å². The lowest BCUT2D eigenvalue weighted by atomic mass is 9.94. The molecule has 0 spiro atoms. The van der Waals surface area contributed by atoms with Gasteiger partial charge in [0, 0.05) is 56.9 Å². The maximum Gasteiger partial charge on any atom is 0.320 e. The van der Waals surface area contributed by atoms with Gasteiger partial charge in [-0.05, 0) is 48.9 Å². The molecule has 8 nitrogen and oxygen atoms in total. The number of nitrogens with one attached hydrogen (secondary N) is 1. The number of nitrogen functional groups attached to an aromatic ring is 1. The number of anilines is 1. The number of piperazine rings is 1. The summed E-state index contributed by atoms with van der Waals surface area (Å²) in [4.78, 5) is 31.0. The zero-order valence-electron chi connectivity index (χ0n) is 19.5. The number of carbonyl (C=O) groups excluding carboxylic acids is 2. The highest BCUT2D eigenvalue weighted by molar-refractivity contribution is 5.95. The molecule has 0 saturated carbocycles. The number of carbonyl (C=O) groups is 2. The van der Waals surface area contributed by atoms with E-state index in [1.54, 1.807) is 0 Å². The summed E-state index contributed by atoms with van der Waals surface area (Å²) in [6.45, 7) is 8.88. The molecule has 2 amide bonds. The number of esters is 1. The Morgan fingerprint density at radius 3 is 2.06 bits per heavy atom. The minimum atomic E-state index is -0.120. The summed E-state index contributed by atoms with van der Waals surface area (Å²) in [7, 11) is 0. The third kappa shape index (κ3) is 8.27. The van der Waals surface area contributed by atoms with Crippen LogP contribution in [0.2, 0.25) is 0 Å². The number of ether oxygens (including phenoxy) is 1. The van der Waals surface area contributed by atoms with Crippen LogP contribution in [0.4, 0.5) is 10.5 Å². The van der Waals surface area contributed by atoms with Crippen LogP contribution in [0.5, 0.6) is 0 Å². The van der Waals surface area contributed by atoms with Crippen molar-refractivity contribution in [2.24, 2.45) is 17.6 Å². The molecular weight excluding hydrogens is 465 g/mol. The van der Waals surface area contributed by atoms with Gasteiger partial charge in [-0.3, -0.25) is 10.2 Å². The van der Waals surface area contributed by atoms with Gasteiger partial charge in [0.15, 0.2) is 0 Å². The van der Waals surface area contributed by atoms with E-state index in [2.05, 4.69) is 4.90 Å². The molecule has 0 radical (unpaired) electrons. The zero-order valence-corrected chi connectivity index (χ0v) is 21.1. The molecule has 186 valence electrons. The molecule has 0 aromatic heterocycles. The van der Waals surface area contributed by atoms with E-state index in [1.165, 1.54) is 0 Å². The fourth-order valence-corrected chi connectivity index (χ4v) is 4.09. The molecule has 0 aliphatic carbocycles. The van der Waals surface area contributed by atoms with Crippen molar-refractivity contribution >= 4 is 48.3 Å². The van der Waals surface area contributed by atoms with Crippen molar-refractivity contribution in [3.8, 4) is 0 Å². The summed E-state index contributed by atoms with van der Waals surface area (Å²) in [6, 6.07) is 7.78. The fraction of sp³-hybridized carbons (Fsp3) is 0.609. The number of benzene rings is 1. The first kappa shape index (κ1) is 28.8. The van der Waals surface area contributed by atoms with Crippen LogP contribution >= 0.6 is 24.8 Å². The van der Waals surface area contributed by atoms with Crippen molar-refractivity contribution in [1.29, 1.82) is 5.41 Å². The summed E-state index contributed by atoms with van der Waals surface area (Å²) in [5, 5.41) is 7.49. The Labute approximate surface area is 209 Å². The highest BCUT2D eigenvalue weighted by Gasteiger charge is 2.29. The molecule has 0 unspecified atom stereocenters. The van der Waals surface area contributed by atoms with Crippen LogP contribution in [0.1, 0.15) is 38.7 Å². The average Bonchev–Trinajstić information content (AvgIpc) is 2.78. The molecule has 33 heavy (non-hydrogen) atoms. The zero-order chi connectivity index (χ0) is 22.4. The second-order valence-electron chi connectivity index (χ2n) is 8.93. The van der Waals surface area contributed by atoms with E-state index in [1.807, 2.05) is 47.9 Å². The average molecular weight is 502 g/mol. The molecule has 2 aliphatic heterocycles. The predicted molar refractivity (Wildman–Crippen MR) is 136 cm³/mol. The van der Waals surface area contributed by atoms with Crippen LogP contribution in [-0.4, -0.2) is 73.5 Å². The first-order valence-electron chi connectivity index (χ1n) is 11.2. The highest BCUT2D eigenvalue weighted by Crippen LogP contribution is 2.23. The smallest absolute Gasteiger partial charge is 0.320 e. The summed E-state index contributed by atoms with van der Waals surface area (Å²) < 4.78 is 5.29.